The first kappa shape index (κ1) is 13.8. The first-order chi connectivity index (χ1) is 8.41. The highest BCUT2D eigenvalue weighted by Crippen LogP contribution is 2.32. The van der Waals surface area contributed by atoms with Gasteiger partial charge in [-0.25, -0.2) is 13.4 Å². The fraction of sp³-hybridized carbons (Fsp3) is 0.583. The second-order valence-electron chi connectivity index (χ2n) is 4.93. The van der Waals surface area contributed by atoms with Crippen molar-refractivity contribution in [1.29, 1.82) is 0 Å². The zero-order chi connectivity index (χ0) is 13.3. The van der Waals surface area contributed by atoms with E-state index in [9.17, 15) is 8.42 Å². The van der Waals surface area contributed by atoms with E-state index in [1.165, 1.54) is 18.3 Å². The van der Waals surface area contributed by atoms with Gasteiger partial charge in [-0.15, -0.1) is 0 Å². The van der Waals surface area contributed by atoms with Crippen molar-refractivity contribution in [2.75, 3.05) is 6.54 Å². The summed E-state index contributed by atoms with van der Waals surface area (Å²) in [5, 5.41) is 0.298. The van der Waals surface area contributed by atoms with Crippen LogP contribution >= 0.6 is 11.6 Å². The van der Waals surface area contributed by atoms with Crippen LogP contribution in [0.2, 0.25) is 5.15 Å². The van der Waals surface area contributed by atoms with Crippen molar-refractivity contribution in [1.82, 2.24) is 9.29 Å². The second kappa shape index (κ2) is 5.15. The number of sulfonamides is 1. The van der Waals surface area contributed by atoms with Crippen LogP contribution in [0.15, 0.2) is 23.2 Å². The third kappa shape index (κ3) is 3.02. The average Bonchev–Trinajstić information content (AvgIpc) is 3.09. The molecule has 1 aromatic rings. The first-order valence-corrected chi connectivity index (χ1v) is 7.86. The normalized spacial score (nSPS) is 16.5. The average molecular weight is 289 g/mol. The van der Waals surface area contributed by atoms with Gasteiger partial charge in [-0.05, 0) is 44.7 Å². The summed E-state index contributed by atoms with van der Waals surface area (Å²) in [6, 6.07) is 2.96. The molecule has 1 aromatic heterocycles. The highest BCUT2D eigenvalue weighted by atomic mass is 35.5. The summed E-state index contributed by atoms with van der Waals surface area (Å²) < 4.78 is 26.5. The van der Waals surface area contributed by atoms with E-state index in [1.807, 2.05) is 13.8 Å². The lowest BCUT2D eigenvalue weighted by Crippen LogP contribution is -2.38. The van der Waals surface area contributed by atoms with Crippen LogP contribution in [0.25, 0.3) is 0 Å². The smallest absolute Gasteiger partial charge is 0.243 e. The quantitative estimate of drug-likeness (QED) is 0.783. The van der Waals surface area contributed by atoms with Gasteiger partial charge in [0.2, 0.25) is 10.0 Å². The van der Waals surface area contributed by atoms with Crippen LogP contribution < -0.4 is 0 Å². The van der Waals surface area contributed by atoms with Gasteiger partial charge in [0.15, 0.2) is 0 Å². The van der Waals surface area contributed by atoms with E-state index in [0.29, 0.717) is 17.6 Å². The van der Waals surface area contributed by atoms with Crippen molar-refractivity contribution in [3.05, 3.63) is 23.5 Å². The van der Waals surface area contributed by atoms with E-state index in [4.69, 9.17) is 11.6 Å². The Morgan fingerprint density at radius 3 is 2.56 bits per heavy atom. The molecule has 0 N–H and O–H groups in total. The molecule has 0 aromatic carbocycles. The maximum Gasteiger partial charge on any atom is 0.244 e. The van der Waals surface area contributed by atoms with Crippen molar-refractivity contribution >= 4 is 21.6 Å². The zero-order valence-corrected chi connectivity index (χ0v) is 12.1. The van der Waals surface area contributed by atoms with Gasteiger partial charge in [0.25, 0.3) is 0 Å². The molecular weight excluding hydrogens is 272 g/mol. The van der Waals surface area contributed by atoms with Gasteiger partial charge in [0.1, 0.15) is 10.0 Å². The number of hydrogen-bond donors (Lipinski definition) is 0. The maximum atomic E-state index is 12.5. The summed E-state index contributed by atoms with van der Waals surface area (Å²) in [5.74, 6) is 0.516. The maximum absolute atomic E-state index is 12.5. The van der Waals surface area contributed by atoms with Crippen molar-refractivity contribution in [3.8, 4) is 0 Å². The van der Waals surface area contributed by atoms with Crippen molar-refractivity contribution in [2.24, 2.45) is 5.92 Å². The van der Waals surface area contributed by atoms with Crippen LogP contribution in [0.5, 0.6) is 0 Å². The Bertz CT molecular complexity index is 509. The Kier molecular flexibility index (Phi) is 3.94. The third-order valence-corrected chi connectivity index (χ3v) is 5.27. The van der Waals surface area contributed by atoms with Crippen LogP contribution in [-0.2, 0) is 10.0 Å². The molecule has 1 aliphatic rings. The molecule has 1 fully saturated rings. The molecule has 0 spiro atoms. The van der Waals surface area contributed by atoms with E-state index in [0.717, 1.165) is 12.8 Å². The Morgan fingerprint density at radius 2 is 2.11 bits per heavy atom. The first-order valence-electron chi connectivity index (χ1n) is 6.04. The molecule has 1 aliphatic carbocycles. The molecule has 0 unspecified atom stereocenters. The SMILES string of the molecule is CC(C)N(CC1CC1)S(=O)(=O)c1ccc(Cl)nc1. The highest BCUT2D eigenvalue weighted by molar-refractivity contribution is 7.89. The molecule has 6 heteroatoms. The summed E-state index contributed by atoms with van der Waals surface area (Å²) in [5.41, 5.74) is 0. The largest absolute Gasteiger partial charge is 0.244 e. The molecule has 0 bridgehead atoms. The van der Waals surface area contributed by atoms with Gasteiger partial charge in [-0.3, -0.25) is 0 Å². The molecule has 1 heterocycles. The number of nitrogens with zero attached hydrogens (tertiary/aromatic N) is 2. The monoisotopic (exact) mass is 288 g/mol. The zero-order valence-electron chi connectivity index (χ0n) is 10.5. The Hall–Kier alpha value is -0.650. The Labute approximate surface area is 113 Å². The standard InChI is InChI=1S/C12H17ClN2O2S/c1-9(2)15(8-10-3-4-10)18(16,17)11-5-6-12(13)14-7-11/h5-7,9-10H,3-4,8H2,1-2H3. The summed E-state index contributed by atoms with van der Waals surface area (Å²) in [6.45, 7) is 4.38. The van der Waals surface area contributed by atoms with Crippen molar-refractivity contribution in [2.45, 2.75) is 37.6 Å². The fourth-order valence-corrected chi connectivity index (χ4v) is 3.56. The molecule has 1 saturated carbocycles. The number of aromatic nitrogens is 1. The highest BCUT2D eigenvalue weighted by Gasteiger charge is 2.33. The molecule has 18 heavy (non-hydrogen) atoms. The van der Waals surface area contributed by atoms with Crippen LogP contribution in [0.4, 0.5) is 0 Å². The van der Waals surface area contributed by atoms with E-state index >= 15 is 0 Å². The van der Waals surface area contributed by atoms with E-state index in [2.05, 4.69) is 4.98 Å². The molecule has 0 saturated heterocycles. The molecule has 0 atom stereocenters. The number of hydrogen-bond acceptors (Lipinski definition) is 3. The third-order valence-electron chi connectivity index (χ3n) is 3.02. The van der Waals surface area contributed by atoms with Gasteiger partial charge in [0.05, 0.1) is 0 Å². The van der Waals surface area contributed by atoms with E-state index in [1.54, 1.807) is 4.31 Å². The summed E-state index contributed by atoms with van der Waals surface area (Å²) >= 11 is 5.68. The second-order valence-corrected chi connectivity index (χ2v) is 7.21. The van der Waals surface area contributed by atoms with E-state index in [-0.39, 0.29) is 10.9 Å². The Balaban J connectivity index is 2.28. The summed E-state index contributed by atoms with van der Waals surface area (Å²) in [7, 11) is -3.46. The summed E-state index contributed by atoms with van der Waals surface area (Å²) in [6.07, 6.45) is 3.56. The molecule has 0 amide bonds. The number of rotatable bonds is 5. The Morgan fingerprint density at radius 1 is 1.44 bits per heavy atom. The lowest BCUT2D eigenvalue weighted by Gasteiger charge is -2.25. The van der Waals surface area contributed by atoms with Gasteiger partial charge in [-0.1, -0.05) is 11.6 Å². The van der Waals surface area contributed by atoms with Crippen molar-refractivity contribution < 1.29 is 8.42 Å². The van der Waals surface area contributed by atoms with Crippen LogP contribution in [0.1, 0.15) is 26.7 Å². The number of pyridine rings is 1. The molecule has 0 radical (unpaired) electrons. The van der Waals surface area contributed by atoms with Crippen molar-refractivity contribution in [3.63, 3.8) is 0 Å². The van der Waals surface area contributed by atoms with Crippen LogP contribution in [0.3, 0.4) is 0 Å². The molecule has 100 valence electrons. The number of halogens is 1. The predicted molar refractivity (Wildman–Crippen MR) is 71.0 cm³/mol. The lowest BCUT2D eigenvalue weighted by molar-refractivity contribution is 0.341. The topological polar surface area (TPSA) is 50.3 Å². The van der Waals surface area contributed by atoms with Gasteiger partial charge >= 0.3 is 0 Å². The fourth-order valence-electron chi connectivity index (χ4n) is 1.79. The van der Waals surface area contributed by atoms with Gasteiger partial charge < -0.3 is 0 Å². The minimum atomic E-state index is -3.46. The molecule has 2 rings (SSSR count). The predicted octanol–water partition coefficient (Wildman–Crippen LogP) is 2.54. The van der Waals surface area contributed by atoms with E-state index < -0.39 is 10.0 Å². The van der Waals surface area contributed by atoms with Gasteiger partial charge in [0, 0.05) is 18.8 Å². The minimum absolute atomic E-state index is 0.0497. The lowest BCUT2D eigenvalue weighted by atomic mass is 10.3. The van der Waals surface area contributed by atoms with Gasteiger partial charge in [-0.2, -0.15) is 4.31 Å². The summed E-state index contributed by atoms with van der Waals surface area (Å²) in [4.78, 5) is 4.05. The minimum Gasteiger partial charge on any atom is -0.243 e. The van der Waals surface area contributed by atoms with Crippen LogP contribution in [0, 0.1) is 5.92 Å². The van der Waals surface area contributed by atoms with Crippen LogP contribution in [-0.4, -0.2) is 30.3 Å². The molecule has 4 nitrogen and oxygen atoms in total. The molecular formula is C12H17ClN2O2S. The molecule has 0 aliphatic heterocycles.